The minimum absolute atomic E-state index is 0.228. The van der Waals surface area contributed by atoms with Crippen LogP contribution in [0.4, 0.5) is 0 Å². The summed E-state index contributed by atoms with van der Waals surface area (Å²) in [6, 6.07) is 22.0. The molecule has 0 bridgehead atoms. The second-order valence-corrected chi connectivity index (χ2v) is 7.12. The molecule has 0 saturated carbocycles. The maximum atomic E-state index is 12.7. The number of benzene rings is 3. The first-order chi connectivity index (χ1) is 15.1. The fourth-order valence-corrected chi connectivity index (χ4v) is 3.12. The molecule has 3 rings (SSSR count). The van der Waals surface area contributed by atoms with Gasteiger partial charge in [0.2, 0.25) is 0 Å². The van der Waals surface area contributed by atoms with Gasteiger partial charge in [-0.2, -0.15) is 0 Å². The molecule has 31 heavy (non-hydrogen) atoms. The minimum atomic E-state index is -0.278. The molecule has 0 fully saturated rings. The molecule has 0 aliphatic heterocycles. The number of ether oxygens (including phenoxy) is 3. The van der Waals surface area contributed by atoms with Crippen molar-refractivity contribution in [1.29, 1.82) is 0 Å². The SMILES string of the molecule is COCCOc1ccccc1C(=O)CC(=O)c1ccc(OCc2ccccc2)c(C)c1. The van der Waals surface area contributed by atoms with Crippen LogP contribution in [0.25, 0.3) is 0 Å². The first-order valence-electron chi connectivity index (χ1n) is 10.1. The highest BCUT2D eigenvalue weighted by molar-refractivity contribution is 6.14. The zero-order chi connectivity index (χ0) is 22.1. The Labute approximate surface area is 182 Å². The maximum Gasteiger partial charge on any atom is 0.174 e. The number of hydrogen-bond donors (Lipinski definition) is 0. The van der Waals surface area contributed by atoms with Crippen molar-refractivity contribution in [1.82, 2.24) is 0 Å². The lowest BCUT2D eigenvalue weighted by molar-refractivity contribution is 0.0890. The quantitative estimate of drug-likeness (QED) is 0.248. The van der Waals surface area contributed by atoms with Gasteiger partial charge >= 0.3 is 0 Å². The zero-order valence-electron chi connectivity index (χ0n) is 17.8. The molecule has 160 valence electrons. The van der Waals surface area contributed by atoms with Gasteiger partial charge in [-0.15, -0.1) is 0 Å². The van der Waals surface area contributed by atoms with Gasteiger partial charge < -0.3 is 14.2 Å². The summed E-state index contributed by atoms with van der Waals surface area (Å²) in [6.07, 6.45) is -0.228. The summed E-state index contributed by atoms with van der Waals surface area (Å²) >= 11 is 0. The number of carbonyl (C=O) groups is 2. The van der Waals surface area contributed by atoms with Crippen LogP contribution in [0.15, 0.2) is 72.8 Å². The number of aryl methyl sites for hydroxylation is 1. The summed E-state index contributed by atoms with van der Waals surface area (Å²) in [4.78, 5) is 25.5. The molecule has 5 nitrogen and oxygen atoms in total. The van der Waals surface area contributed by atoms with Gasteiger partial charge in [-0.3, -0.25) is 9.59 Å². The molecular formula is C26H26O5. The maximum absolute atomic E-state index is 12.7. The molecule has 0 N–H and O–H groups in total. The zero-order valence-corrected chi connectivity index (χ0v) is 17.8. The fraction of sp³-hybridized carbons (Fsp3) is 0.231. The Kier molecular flexibility index (Phi) is 7.96. The van der Waals surface area contributed by atoms with E-state index in [1.807, 2.05) is 37.3 Å². The van der Waals surface area contributed by atoms with Crippen molar-refractivity contribution in [3.63, 3.8) is 0 Å². The van der Waals surface area contributed by atoms with E-state index in [0.717, 1.165) is 11.1 Å². The lowest BCUT2D eigenvalue weighted by Crippen LogP contribution is -2.12. The van der Waals surface area contributed by atoms with Gasteiger partial charge in [0.05, 0.1) is 18.6 Å². The number of hydrogen-bond acceptors (Lipinski definition) is 5. The Morgan fingerprint density at radius 2 is 1.52 bits per heavy atom. The molecule has 0 radical (unpaired) electrons. The van der Waals surface area contributed by atoms with Crippen LogP contribution in [0.5, 0.6) is 11.5 Å². The van der Waals surface area contributed by atoms with Crippen molar-refractivity contribution in [2.24, 2.45) is 0 Å². The van der Waals surface area contributed by atoms with E-state index >= 15 is 0 Å². The predicted molar refractivity (Wildman–Crippen MR) is 119 cm³/mol. The molecule has 0 unspecified atom stereocenters. The Morgan fingerprint density at radius 1 is 0.774 bits per heavy atom. The van der Waals surface area contributed by atoms with Gasteiger partial charge in [0.15, 0.2) is 11.6 Å². The summed E-state index contributed by atoms with van der Waals surface area (Å²) in [5, 5.41) is 0. The first-order valence-corrected chi connectivity index (χ1v) is 10.1. The lowest BCUT2D eigenvalue weighted by atomic mass is 9.99. The molecule has 0 aliphatic rings. The minimum Gasteiger partial charge on any atom is -0.490 e. The standard InChI is InChI=1S/C26H26O5/c1-19-16-21(12-13-25(19)31-18-20-8-4-3-5-9-20)23(27)17-24(28)22-10-6-7-11-26(22)30-15-14-29-2/h3-13,16H,14-15,17-18H2,1-2H3. The number of rotatable bonds is 11. The second-order valence-electron chi connectivity index (χ2n) is 7.12. The molecule has 0 amide bonds. The third-order valence-electron chi connectivity index (χ3n) is 4.79. The highest BCUT2D eigenvalue weighted by Gasteiger charge is 2.18. The van der Waals surface area contributed by atoms with E-state index in [2.05, 4.69) is 0 Å². The number of para-hydroxylation sites is 1. The number of Topliss-reactive ketones (excluding diaryl/α,β-unsaturated/α-hetero) is 2. The average molecular weight is 418 g/mol. The van der Waals surface area contributed by atoms with Crippen LogP contribution in [-0.2, 0) is 11.3 Å². The van der Waals surface area contributed by atoms with Gasteiger partial charge in [-0.25, -0.2) is 0 Å². The number of methoxy groups -OCH3 is 1. The van der Waals surface area contributed by atoms with Crippen LogP contribution < -0.4 is 9.47 Å². The summed E-state index contributed by atoms with van der Waals surface area (Å²) in [7, 11) is 1.58. The van der Waals surface area contributed by atoms with Gasteiger partial charge in [0.1, 0.15) is 24.7 Å². The van der Waals surface area contributed by atoms with Gasteiger partial charge in [0, 0.05) is 12.7 Å². The van der Waals surface area contributed by atoms with E-state index in [4.69, 9.17) is 14.2 Å². The average Bonchev–Trinajstić information content (AvgIpc) is 2.79. The number of ketones is 2. The molecule has 5 heteroatoms. The van der Waals surface area contributed by atoms with E-state index in [0.29, 0.717) is 42.4 Å². The van der Waals surface area contributed by atoms with Crippen LogP contribution >= 0.6 is 0 Å². The summed E-state index contributed by atoms with van der Waals surface area (Å²) < 4.78 is 16.5. The third-order valence-corrected chi connectivity index (χ3v) is 4.79. The highest BCUT2D eigenvalue weighted by Crippen LogP contribution is 2.23. The Morgan fingerprint density at radius 3 is 2.26 bits per heavy atom. The summed E-state index contributed by atoms with van der Waals surface area (Å²) in [6.45, 7) is 3.09. The van der Waals surface area contributed by atoms with Crippen molar-refractivity contribution in [2.75, 3.05) is 20.3 Å². The van der Waals surface area contributed by atoms with Crippen LogP contribution in [-0.4, -0.2) is 31.9 Å². The van der Waals surface area contributed by atoms with Gasteiger partial charge in [-0.05, 0) is 48.4 Å². The highest BCUT2D eigenvalue weighted by atomic mass is 16.5. The Hall–Kier alpha value is -3.44. The Balaban J connectivity index is 1.64. The van der Waals surface area contributed by atoms with Gasteiger partial charge in [-0.1, -0.05) is 42.5 Å². The third kappa shape index (κ3) is 6.27. The molecule has 0 aromatic heterocycles. The van der Waals surface area contributed by atoms with Crippen LogP contribution in [0.1, 0.15) is 38.3 Å². The number of carbonyl (C=O) groups excluding carboxylic acids is 2. The molecule has 0 spiro atoms. The largest absolute Gasteiger partial charge is 0.490 e. The van der Waals surface area contributed by atoms with E-state index in [1.54, 1.807) is 49.6 Å². The topological polar surface area (TPSA) is 61.8 Å². The van der Waals surface area contributed by atoms with Crippen LogP contribution in [0, 0.1) is 6.92 Å². The molecule has 0 heterocycles. The smallest absolute Gasteiger partial charge is 0.174 e. The Bertz CT molecular complexity index is 1030. The second kappa shape index (κ2) is 11.1. The van der Waals surface area contributed by atoms with Crippen molar-refractivity contribution in [3.05, 3.63) is 95.1 Å². The van der Waals surface area contributed by atoms with Crippen molar-refractivity contribution in [3.8, 4) is 11.5 Å². The molecular weight excluding hydrogens is 392 g/mol. The van der Waals surface area contributed by atoms with E-state index < -0.39 is 0 Å². The molecule has 3 aromatic carbocycles. The molecule has 0 saturated heterocycles. The van der Waals surface area contributed by atoms with Crippen LogP contribution in [0.2, 0.25) is 0 Å². The summed E-state index contributed by atoms with van der Waals surface area (Å²) in [5.74, 6) is 0.649. The molecule has 0 atom stereocenters. The lowest BCUT2D eigenvalue weighted by Gasteiger charge is -2.12. The monoisotopic (exact) mass is 418 g/mol. The van der Waals surface area contributed by atoms with Crippen molar-refractivity contribution < 1.29 is 23.8 Å². The molecule has 3 aromatic rings. The van der Waals surface area contributed by atoms with E-state index in [9.17, 15) is 9.59 Å². The predicted octanol–water partition coefficient (Wildman–Crippen LogP) is 5.05. The van der Waals surface area contributed by atoms with E-state index in [1.165, 1.54) is 0 Å². The van der Waals surface area contributed by atoms with Crippen molar-refractivity contribution >= 4 is 11.6 Å². The molecule has 0 aliphatic carbocycles. The van der Waals surface area contributed by atoms with Crippen molar-refractivity contribution in [2.45, 2.75) is 20.0 Å². The summed E-state index contributed by atoms with van der Waals surface area (Å²) in [5.41, 5.74) is 2.79. The van der Waals surface area contributed by atoms with Crippen LogP contribution in [0.3, 0.4) is 0 Å². The van der Waals surface area contributed by atoms with Gasteiger partial charge in [0.25, 0.3) is 0 Å². The fourth-order valence-electron chi connectivity index (χ4n) is 3.12. The van der Waals surface area contributed by atoms with E-state index in [-0.39, 0.29) is 18.0 Å². The normalized spacial score (nSPS) is 10.5. The first kappa shape index (κ1) is 22.2.